The molecule has 7 heteroatoms. The minimum atomic E-state index is -0.0582. The zero-order valence-electron chi connectivity index (χ0n) is 14.2. The topological polar surface area (TPSA) is 77.5 Å². The summed E-state index contributed by atoms with van der Waals surface area (Å²) in [5.74, 6) is 0.474. The van der Waals surface area contributed by atoms with Crippen LogP contribution in [0.15, 0.2) is 48.9 Å². The molecular weight excluding hydrogens is 328 g/mol. The minimum absolute atomic E-state index is 0.0582. The fourth-order valence-corrected chi connectivity index (χ4v) is 3.22. The van der Waals surface area contributed by atoms with Crippen LogP contribution in [0.5, 0.6) is 0 Å². The number of carbonyl (C=O) groups excluding carboxylic acids is 1. The van der Waals surface area contributed by atoms with E-state index in [1.165, 1.54) is 0 Å². The highest BCUT2D eigenvalue weighted by Crippen LogP contribution is 2.18. The fraction of sp³-hybridized carbons (Fsp3) is 0.263. The molecule has 26 heavy (non-hydrogen) atoms. The average molecular weight is 346 g/mol. The second kappa shape index (κ2) is 6.84. The summed E-state index contributed by atoms with van der Waals surface area (Å²) in [4.78, 5) is 25.4. The third kappa shape index (κ3) is 3.09. The molecule has 3 aromatic rings. The van der Waals surface area contributed by atoms with Crippen LogP contribution < -0.4 is 4.90 Å². The summed E-state index contributed by atoms with van der Waals surface area (Å²) in [5, 5.41) is 8.92. The Kier molecular flexibility index (Phi) is 4.23. The molecule has 0 radical (unpaired) electrons. The maximum Gasteiger partial charge on any atom is 0.274 e. The van der Waals surface area contributed by atoms with E-state index in [-0.39, 0.29) is 5.91 Å². The van der Waals surface area contributed by atoms with Crippen LogP contribution in [0.2, 0.25) is 0 Å². The van der Waals surface area contributed by atoms with Crippen molar-refractivity contribution >= 4 is 17.4 Å². The molecule has 1 amide bonds. The molecule has 4 rings (SSSR count). The van der Waals surface area contributed by atoms with Crippen LogP contribution in [0.3, 0.4) is 0 Å². The van der Waals surface area contributed by atoms with Gasteiger partial charge in [-0.3, -0.25) is 9.20 Å². The first kappa shape index (κ1) is 16.1. The molecule has 0 spiro atoms. The summed E-state index contributed by atoms with van der Waals surface area (Å²) in [5.41, 5.74) is 2.16. The van der Waals surface area contributed by atoms with E-state index in [9.17, 15) is 4.79 Å². The van der Waals surface area contributed by atoms with Gasteiger partial charge in [-0.05, 0) is 36.8 Å². The lowest BCUT2D eigenvalue weighted by atomic mass is 10.2. The summed E-state index contributed by atoms with van der Waals surface area (Å²) >= 11 is 0. The van der Waals surface area contributed by atoms with Crippen molar-refractivity contribution in [1.29, 1.82) is 5.26 Å². The number of rotatable bonds is 2. The molecule has 1 aliphatic rings. The molecular formula is C19H18N6O. The number of benzene rings is 1. The maximum atomic E-state index is 12.8. The van der Waals surface area contributed by atoms with Gasteiger partial charge in [0.15, 0.2) is 0 Å². The van der Waals surface area contributed by atoms with Crippen LogP contribution in [0.25, 0.3) is 5.78 Å². The highest BCUT2D eigenvalue weighted by Gasteiger charge is 2.22. The van der Waals surface area contributed by atoms with Crippen LogP contribution in [0, 0.1) is 11.3 Å². The second-order valence-electron chi connectivity index (χ2n) is 6.24. The number of carbonyl (C=O) groups is 1. The average Bonchev–Trinajstić information content (AvgIpc) is 2.97. The molecule has 1 aromatic carbocycles. The van der Waals surface area contributed by atoms with E-state index < -0.39 is 0 Å². The van der Waals surface area contributed by atoms with Crippen molar-refractivity contribution in [3.8, 4) is 6.07 Å². The predicted octanol–water partition coefficient (Wildman–Crippen LogP) is 1.95. The highest BCUT2D eigenvalue weighted by atomic mass is 16.2. The summed E-state index contributed by atoms with van der Waals surface area (Å²) in [6.07, 6.45) is 6.12. The maximum absolute atomic E-state index is 12.8. The van der Waals surface area contributed by atoms with Crippen molar-refractivity contribution in [2.24, 2.45) is 0 Å². The van der Waals surface area contributed by atoms with E-state index in [1.807, 2.05) is 41.4 Å². The van der Waals surface area contributed by atoms with E-state index in [0.29, 0.717) is 30.1 Å². The molecule has 7 nitrogen and oxygen atoms in total. The zero-order chi connectivity index (χ0) is 17.9. The van der Waals surface area contributed by atoms with E-state index in [2.05, 4.69) is 20.9 Å². The van der Waals surface area contributed by atoms with Gasteiger partial charge in [-0.15, -0.1) is 0 Å². The number of amides is 1. The smallest absolute Gasteiger partial charge is 0.274 e. The van der Waals surface area contributed by atoms with Crippen LogP contribution in [0.4, 0.5) is 5.69 Å². The number of aromatic nitrogens is 3. The Morgan fingerprint density at radius 2 is 1.96 bits per heavy atom. The SMILES string of the molecule is N#Cc1ccc(N2CCCN(C(=O)c3cn4cccnc4n3)CC2)cc1. The Labute approximate surface area is 151 Å². The Hall–Kier alpha value is -3.40. The van der Waals surface area contributed by atoms with Crippen LogP contribution in [-0.4, -0.2) is 51.4 Å². The van der Waals surface area contributed by atoms with E-state index in [1.54, 1.807) is 16.8 Å². The van der Waals surface area contributed by atoms with Gasteiger partial charge < -0.3 is 9.80 Å². The van der Waals surface area contributed by atoms with Gasteiger partial charge in [-0.25, -0.2) is 9.97 Å². The van der Waals surface area contributed by atoms with Crippen LogP contribution >= 0.6 is 0 Å². The standard InChI is InChI=1S/C19H18N6O/c20-13-15-3-5-16(6-4-15)23-9-2-10-24(12-11-23)18(26)17-14-25-8-1-7-21-19(25)22-17/h1,3-8,14H,2,9-12H2. The van der Waals surface area contributed by atoms with Crippen molar-refractivity contribution in [2.45, 2.75) is 6.42 Å². The molecule has 2 aromatic heterocycles. The lowest BCUT2D eigenvalue weighted by molar-refractivity contribution is 0.0762. The van der Waals surface area contributed by atoms with Crippen molar-refractivity contribution in [1.82, 2.24) is 19.3 Å². The third-order valence-corrected chi connectivity index (χ3v) is 4.60. The number of nitriles is 1. The Morgan fingerprint density at radius 1 is 1.12 bits per heavy atom. The molecule has 130 valence electrons. The molecule has 1 fully saturated rings. The number of hydrogen-bond donors (Lipinski definition) is 0. The molecule has 1 saturated heterocycles. The molecule has 3 heterocycles. The van der Waals surface area contributed by atoms with E-state index in [0.717, 1.165) is 25.2 Å². The normalized spacial score (nSPS) is 14.9. The quantitative estimate of drug-likeness (QED) is 0.709. The van der Waals surface area contributed by atoms with E-state index in [4.69, 9.17) is 5.26 Å². The molecule has 1 aliphatic heterocycles. The summed E-state index contributed by atoms with van der Waals surface area (Å²) in [7, 11) is 0. The van der Waals surface area contributed by atoms with Gasteiger partial charge in [-0.1, -0.05) is 0 Å². The van der Waals surface area contributed by atoms with Gasteiger partial charge >= 0.3 is 0 Å². The van der Waals surface area contributed by atoms with Gasteiger partial charge in [0.1, 0.15) is 5.69 Å². The molecule has 0 atom stereocenters. The highest BCUT2D eigenvalue weighted by molar-refractivity contribution is 5.92. The number of imidazole rings is 1. The molecule has 0 N–H and O–H groups in total. The van der Waals surface area contributed by atoms with Crippen LogP contribution in [-0.2, 0) is 0 Å². The third-order valence-electron chi connectivity index (χ3n) is 4.60. The second-order valence-corrected chi connectivity index (χ2v) is 6.24. The summed E-state index contributed by atoms with van der Waals surface area (Å²) < 4.78 is 1.76. The van der Waals surface area contributed by atoms with Crippen molar-refractivity contribution < 1.29 is 4.79 Å². The van der Waals surface area contributed by atoms with Crippen molar-refractivity contribution in [2.75, 3.05) is 31.1 Å². The van der Waals surface area contributed by atoms with Crippen LogP contribution in [0.1, 0.15) is 22.5 Å². The predicted molar refractivity (Wildman–Crippen MR) is 96.9 cm³/mol. The van der Waals surface area contributed by atoms with E-state index >= 15 is 0 Å². The Morgan fingerprint density at radius 3 is 2.73 bits per heavy atom. The largest absolute Gasteiger partial charge is 0.370 e. The van der Waals surface area contributed by atoms with Gasteiger partial charge in [0.2, 0.25) is 5.78 Å². The van der Waals surface area contributed by atoms with Gasteiger partial charge in [-0.2, -0.15) is 5.26 Å². The first-order chi connectivity index (χ1) is 12.7. The minimum Gasteiger partial charge on any atom is -0.370 e. The summed E-state index contributed by atoms with van der Waals surface area (Å²) in [6.45, 7) is 2.97. The van der Waals surface area contributed by atoms with Gasteiger partial charge in [0, 0.05) is 50.5 Å². The molecule has 0 bridgehead atoms. The lowest BCUT2D eigenvalue weighted by Crippen LogP contribution is -2.35. The molecule has 0 aliphatic carbocycles. The fourth-order valence-electron chi connectivity index (χ4n) is 3.22. The van der Waals surface area contributed by atoms with Gasteiger partial charge in [0.25, 0.3) is 5.91 Å². The number of hydrogen-bond acceptors (Lipinski definition) is 5. The molecule has 0 saturated carbocycles. The Bertz CT molecular complexity index is 939. The molecule has 0 unspecified atom stereocenters. The number of anilines is 1. The van der Waals surface area contributed by atoms with Crippen molar-refractivity contribution in [3.05, 3.63) is 60.2 Å². The van der Waals surface area contributed by atoms with Crippen molar-refractivity contribution in [3.63, 3.8) is 0 Å². The first-order valence-electron chi connectivity index (χ1n) is 8.59. The zero-order valence-corrected chi connectivity index (χ0v) is 14.2. The lowest BCUT2D eigenvalue weighted by Gasteiger charge is -2.23. The number of fused-ring (bicyclic) bond motifs is 1. The van der Waals surface area contributed by atoms with Gasteiger partial charge in [0.05, 0.1) is 11.6 Å². The number of nitrogens with zero attached hydrogens (tertiary/aromatic N) is 6. The Balaban J connectivity index is 1.47. The summed E-state index contributed by atoms with van der Waals surface area (Å²) in [6, 6.07) is 11.5. The monoisotopic (exact) mass is 346 g/mol. The first-order valence-corrected chi connectivity index (χ1v) is 8.59.